The van der Waals surface area contributed by atoms with Crippen LogP contribution in [0.1, 0.15) is 58.3 Å². The van der Waals surface area contributed by atoms with E-state index in [1.807, 2.05) is 0 Å². The quantitative estimate of drug-likeness (QED) is 0.821. The van der Waals surface area contributed by atoms with Crippen LogP contribution in [0.4, 0.5) is 0 Å². The van der Waals surface area contributed by atoms with Gasteiger partial charge >= 0.3 is 0 Å². The zero-order valence-electron chi connectivity index (χ0n) is 10.9. The van der Waals surface area contributed by atoms with Crippen LogP contribution in [0.5, 0.6) is 0 Å². The zero-order valence-corrected chi connectivity index (χ0v) is 10.9. The molecule has 0 radical (unpaired) electrons. The average molecular weight is 239 g/mol. The van der Waals surface area contributed by atoms with Crippen molar-refractivity contribution < 1.29 is 9.90 Å². The lowest BCUT2D eigenvalue weighted by molar-refractivity contribution is -0.137. The fraction of sp³-hybridized carbons (Fsp3) is 0.929. The minimum absolute atomic E-state index is 0.171. The van der Waals surface area contributed by atoms with E-state index in [1.165, 1.54) is 6.42 Å². The number of amides is 1. The highest BCUT2D eigenvalue weighted by atomic mass is 16.3. The maximum Gasteiger partial charge on any atom is 0.222 e. The van der Waals surface area contributed by atoms with Crippen LogP contribution in [0.25, 0.3) is 0 Å². The third-order valence-corrected chi connectivity index (χ3v) is 4.36. The summed E-state index contributed by atoms with van der Waals surface area (Å²) in [5.74, 6) is 0.646. The average Bonchev–Trinajstić information content (AvgIpc) is 2.76. The Labute approximate surface area is 104 Å². The van der Waals surface area contributed by atoms with E-state index in [1.54, 1.807) is 0 Å². The third kappa shape index (κ3) is 2.82. The summed E-state index contributed by atoms with van der Waals surface area (Å²) in [6.07, 6.45) is 8.01. The molecule has 3 atom stereocenters. The van der Waals surface area contributed by atoms with Crippen LogP contribution in [-0.4, -0.2) is 34.6 Å². The molecular weight excluding hydrogens is 214 g/mol. The van der Waals surface area contributed by atoms with Crippen molar-refractivity contribution in [2.75, 3.05) is 6.54 Å². The molecular formula is C14H25NO2. The lowest BCUT2D eigenvalue weighted by Gasteiger charge is -2.40. The standard InChI is InChI=1S/C14H25NO2/c1-2-6-14(17)15-10-4-3-8-12(15)11-7-5-9-13(11)16/h11-13,16H,2-10H2,1H3. The molecule has 0 spiro atoms. The topological polar surface area (TPSA) is 40.5 Å². The Bertz CT molecular complexity index is 267. The van der Waals surface area contributed by atoms with Gasteiger partial charge < -0.3 is 10.0 Å². The molecule has 1 saturated carbocycles. The molecule has 3 unspecified atom stereocenters. The first-order valence-corrected chi connectivity index (χ1v) is 7.21. The Morgan fingerprint density at radius 3 is 2.71 bits per heavy atom. The van der Waals surface area contributed by atoms with Gasteiger partial charge in [-0.05, 0) is 38.5 Å². The monoisotopic (exact) mass is 239 g/mol. The summed E-state index contributed by atoms with van der Waals surface area (Å²) in [7, 11) is 0. The van der Waals surface area contributed by atoms with Crippen molar-refractivity contribution in [1.82, 2.24) is 4.90 Å². The number of carbonyl (C=O) groups is 1. The molecule has 1 saturated heterocycles. The van der Waals surface area contributed by atoms with Gasteiger partial charge in [0, 0.05) is 24.9 Å². The van der Waals surface area contributed by atoms with E-state index in [9.17, 15) is 9.90 Å². The summed E-state index contributed by atoms with van der Waals surface area (Å²) in [4.78, 5) is 14.2. The second kappa shape index (κ2) is 5.85. The van der Waals surface area contributed by atoms with Crippen molar-refractivity contribution in [3.05, 3.63) is 0 Å². The maximum atomic E-state index is 12.1. The van der Waals surface area contributed by atoms with E-state index in [4.69, 9.17) is 0 Å². The smallest absolute Gasteiger partial charge is 0.222 e. The molecule has 0 bridgehead atoms. The molecule has 1 aliphatic carbocycles. The maximum absolute atomic E-state index is 12.1. The lowest BCUT2D eigenvalue weighted by Crippen LogP contribution is -2.49. The number of likely N-dealkylation sites (tertiary alicyclic amines) is 1. The number of nitrogens with zero attached hydrogens (tertiary/aromatic N) is 1. The van der Waals surface area contributed by atoms with Crippen LogP contribution >= 0.6 is 0 Å². The van der Waals surface area contributed by atoms with Crippen LogP contribution < -0.4 is 0 Å². The molecule has 3 nitrogen and oxygen atoms in total. The van der Waals surface area contributed by atoms with Crippen LogP contribution in [-0.2, 0) is 4.79 Å². The molecule has 2 fully saturated rings. The van der Waals surface area contributed by atoms with Gasteiger partial charge in [-0.3, -0.25) is 4.79 Å². The Balaban J connectivity index is 2.03. The highest BCUT2D eigenvalue weighted by molar-refractivity contribution is 5.76. The van der Waals surface area contributed by atoms with Gasteiger partial charge in [-0.15, -0.1) is 0 Å². The molecule has 17 heavy (non-hydrogen) atoms. The predicted molar refractivity (Wildman–Crippen MR) is 67.6 cm³/mol. The van der Waals surface area contributed by atoms with Crippen molar-refractivity contribution in [2.24, 2.45) is 5.92 Å². The molecule has 2 aliphatic rings. The van der Waals surface area contributed by atoms with Crippen LogP contribution in [0.15, 0.2) is 0 Å². The second-order valence-corrected chi connectivity index (χ2v) is 5.56. The van der Waals surface area contributed by atoms with Gasteiger partial charge in [0.2, 0.25) is 5.91 Å². The van der Waals surface area contributed by atoms with Crippen LogP contribution in [0, 0.1) is 5.92 Å². The number of carbonyl (C=O) groups excluding carboxylic acids is 1. The van der Waals surface area contributed by atoms with Crippen LogP contribution in [0.2, 0.25) is 0 Å². The van der Waals surface area contributed by atoms with Gasteiger partial charge in [0.05, 0.1) is 6.10 Å². The fourth-order valence-corrected chi connectivity index (χ4v) is 3.49. The Kier molecular flexibility index (Phi) is 4.43. The van der Waals surface area contributed by atoms with E-state index in [0.29, 0.717) is 24.3 Å². The molecule has 0 aromatic rings. The van der Waals surface area contributed by atoms with E-state index in [2.05, 4.69) is 11.8 Å². The number of rotatable bonds is 3. The van der Waals surface area contributed by atoms with E-state index in [0.717, 1.165) is 45.1 Å². The molecule has 1 amide bonds. The number of aliphatic hydroxyl groups is 1. The SMILES string of the molecule is CCCC(=O)N1CCCCC1C1CCCC1O. The Morgan fingerprint density at radius 1 is 1.24 bits per heavy atom. The third-order valence-electron chi connectivity index (χ3n) is 4.36. The Morgan fingerprint density at radius 2 is 2.06 bits per heavy atom. The molecule has 1 aliphatic heterocycles. The summed E-state index contributed by atoms with van der Waals surface area (Å²) < 4.78 is 0. The predicted octanol–water partition coefficient (Wildman–Crippen LogP) is 2.33. The second-order valence-electron chi connectivity index (χ2n) is 5.56. The van der Waals surface area contributed by atoms with Gasteiger partial charge in [0.1, 0.15) is 0 Å². The van der Waals surface area contributed by atoms with Gasteiger partial charge in [-0.1, -0.05) is 13.3 Å². The fourth-order valence-electron chi connectivity index (χ4n) is 3.49. The number of hydrogen-bond acceptors (Lipinski definition) is 2. The molecule has 1 heterocycles. The molecule has 98 valence electrons. The number of piperidine rings is 1. The van der Waals surface area contributed by atoms with Crippen molar-refractivity contribution in [3.63, 3.8) is 0 Å². The normalized spacial score (nSPS) is 34.0. The molecule has 0 aromatic carbocycles. The minimum atomic E-state index is -0.171. The Hall–Kier alpha value is -0.570. The summed E-state index contributed by atoms with van der Waals surface area (Å²) in [5.41, 5.74) is 0. The first kappa shape index (κ1) is 12.9. The molecule has 2 rings (SSSR count). The van der Waals surface area contributed by atoms with Crippen LogP contribution in [0.3, 0.4) is 0 Å². The summed E-state index contributed by atoms with van der Waals surface area (Å²) >= 11 is 0. The van der Waals surface area contributed by atoms with Crippen molar-refractivity contribution in [1.29, 1.82) is 0 Å². The number of hydrogen-bond donors (Lipinski definition) is 1. The highest BCUT2D eigenvalue weighted by Crippen LogP contribution is 2.35. The molecule has 1 N–H and O–H groups in total. The van der Waals surface area contributed by atoms with Gasteiger partial charge in [0.15, 0.2) is 0 Å². The van der Waals surface area contributed by atoms with E-state index >= 15 is 0 Å². The summed E-state index contributed by atoms with van der Waals surface area (Å²) in [6, 6.07) is 0.320. The highest BCUT2D eigenvalue weighted by Gasteiger charge is 2.38. The van der Waals surface area contributed by atoms with Gasteiger partial charge in [-0.25, -0.2) is 0 Å². The van der Waals surface area contributed by atoms with Gasteiger partial charge in [-0.2, -0.15) is 0 Å². The van der Waals surface area contributed by atoms with Crippen molar-refractivity contribution in [2.45, 2.75) is 70.4 Å². The lowest BCUT2D eigenvalue weighted by atomic mass is 9.87. The first-order valence-electron chi connectivity index (χ1n) is 7.21. The van der Waals surface area contributed by atoms with Gasteiger partial charge in [0.25, 0.3) is 0 Å². The summed E-state index contributed by atoms with van der Waals surface area (Å²) in [6.45, 7) is 2.97. The minimum Gasteiger partial charge on any atom is -0.393 e. The largest absolute Gasteiger partial charge is 0.393 e. The van der Waals surface area contributed by atoms with Crippen molar-refractivity contribution >= 4 is 5.91 Å². The number of aliphatic hydroxyl groups excluding tert-OH is 1. The zero-order chi connectivity index (χ0) is 12.3. The molecule has 0 aromatic heterocycles. The first-order chi connectivity index (χ1) is 8.24. The molecule has 3 heteroatoms. The summed E-state index contributed by atoms with van der Waals surface area (Å²) in [5, 5.41) is 10.0. The van der Waals surface area contributed by atoms with E-state index in [-0.39, 0.29) is 6.10 Å². The van der Waals surface area contributed by atoms with Crippen molar-refractivity contribution in [3.8, 4) is 0 Å². The van der Waals surface area contributed by atoms with E-state index < -0.39 is 0 Å².